The summed E-state index contributed by atoms with van der Waals surface area (Å²) in [5.41, 5.74) is 2.84. The van der Waals surface area contributed by atoms with Crippen molar-refractivity contribution in [2.24, 2.45) is 0 Å². The lowest BCUT2D eigenvalue weighted by Crippen LogP contribution is -2.14. The highest BCUT2D eigenvalue weighted by Gasteiger charge is 2.17. The zero-order chi connectivity index (χ0) is 15.4. The normalized spacial score (nSPS) is 10.0. The van der Waals surface area contributed by atoms with Crippen LogP contribution in [0.3, 0.4) is 0 Å². The molecule has 0 aliphatic carbocycles. The second-order valence-corrected chi connectivity index (χ2v) is 5.85. The van der Waals surface area contributed by atoms with Gasteiger partial charge >= 0.3 is 0 Å². The number of benzene rings is 1. The van der Waals surface area contributed by atoms with E-state index in [4.69, 9.17) is 0 Å². The van der Waals surface area contributed by atoms with E-state index in [2.05, 4.69) is 16.7 Å². The molecule has 1 aromatic heterocycles. The molecule has 0 radical (unpaired) electrons. The van der Waals surface area contributed by atoms with Crippen LogP contribution < -0.4 is 10.6 Å². The highest BCUT2D eigenvalue weighted by Crippen LogP contribution is 2.32. The van der Waals surface area contributed by atoms with Gasteiger partial charge in [-0.2, -0.15) is 5.26 Å². The molecule has 5 heteroatoms. The minimum Gasteiger partial charge on any atom is -0.385 e. The van der Waals surface area contributed by atoms with Gasteiger partial charge in [0.2, 0.25) is 0 Å². The summed E-state index contributed by atoms with van der Waals surface area (Å²) in [7, 11) is 0. The van der Waals surface area contributed by atoms with E-state index < -0.39 is 0 Å². The molecule has 0 spiro atoms. The van der Waals surface area contributed by atoms with E-state index in [0.29, 0.717) is 16.1 Å². The van der Waals surface area contributed by atoms with E-state index in [-0.39, 0.29) is 5.91 Å². The van der Waals surface area contributed by atoms with Crippen LogP contribution in [0, 0.1) is 25.2 Å². The number of hydrogen-bond donors (Lipinski definition) is 2. The molecule has 2 aromatic rings. The first-order valence-corrected chi connectivity index (χ1v) is 7.54. The number of aryl methyl sites for hydroxylation is 1. The van der Waals surface area contributed by atoms with Gasteiger partial charge in [0, 0.05) is 17.1 Å². The second kappa shape index (κ2) is 6.42. The van der Waals surface area contributed by atoms with Crippen LogP contribution in [0.4, 0.5) is 10.7 Å². The van der Waals surface area contributed by atoms with Crippen LogP contribution in [-0.2, 0) is 0 Å². The smallest absolute Gasteiger partial charge is 0.258 e. The lowest BCUT2D eigenvalue weighted by Gasteiger charge is -2.10. The molecule has 1 heterocycles. The van der Waals surface area contributed by atoms with Crippen molar-refractivity contribution in [3.63, 3.8) is 0 Å². The van der Waals surface area contributed by atoms with Crippen LogP contribution in [-0.4, -0.2) is 12.5 Å². The maximum atomic E-state index is 12.4. The van der Waals surface area contributed by atoms with Gasteiger partial charge in [0.05, 0.1) is 11.1 Å². The third-order valence-electron chi connectivity index (χ3n) is 3.26. The van der Waals surface area contributed by atoms with E-state index >= 15 is 0 Å². The third-order valence-corrected chi connectivity index (χ3v) is 4.39. The van der Waals surface area contributed by atoms with Gasteiger partial charge in [-0.25, -0.2) is 0 Å². The highest BCUT2D eigenvalue weighted by atomic mass is 32.1. The van der Waals surface area contributed by atoms with E-state index in [1.165, 1.54) is 11.3 Å². The molecule has 0 aliphatic heterocycles. The van der Waals surface area contributed by atoms with Crippen molar-refractivity contribution >= 4 is 27.9 Å². The van der Waals surface area contributed by atoms with Crippen LogP contribution in [0.15, 0.2) is 24.3 Å². The number of para-hydroxylation sites is 1. The number of anilines is 2. The summed E-state index contributed by atoms with van der Waals surface area (Å²) in [6.07, 6.45) is 0. The highest BCUT2D eigenvalue weighted by molar-refractivity contribution is 7.16. The fourth-order valence-corrected chi connectivity index (χ4v) is 3.05. The standard InChI is InChI=1S/C16H17N3OS/c1-4-18-14-8-6-5-7-12(14)15(20)19-16-13(9-17)10(2)11(3)21-16/h5-8,18H,4H2,1-3H3,(H,19,20). The maximum Gasteiger partial charge on any atom is 0.258 e. The Morgan fingerprint density at radius 1 is 1.33 bits per heavy atom. The molecule has 4 nitrogen and oxygen atoms in total. The molecule has 2 N–H and O–H groups in total. The Morgan fingerprint density at radius 2 is 2.05 bits per heavy atom. The molecular weight excluding hydrogens is 282 g/mol. The zero-order valence-electron chi connectivity index (χ0n) is 12.3. The van der Waals surface area contributed by atoms with Gasteiger partial charge in [0.1, 0.15) is 11.1 Å². The molecule has 21 heavy (non-hydrogen) atoms. The number of nitrogens with zero attached hydrogens (tertiary/aromatic N) is 1. The van der Waals surface area contributed by atoms with Gasteiger partial charge in [-0.05, 0) is 38.5 Å². The first-order chi connectivity index (χ1) is 10.1. The molecule has 2 rings (SSSR count). The van der Waals surface area contributed by atoms with Crippen molar-refractivity contribution < 1.29 is 4.79 Å². The quantitative estimate of drug-likeness (QED) is 0.899. The van der Waals surface area contributed by atoms with Gasteiger partial charge in [0.25, 0.3) is 5.91 Å². The lowest BCUT2D eigenvalue weighted by molar-refractivity contribution is 0.102. The predicted molar refractivity (Wildman–Crippen MR) is 87.1 cm³/mol. The van der Waals surface area contributed by atoms with Crippen LogP contribution in [0.1, 0.15) is 33.3 Å². The Hall–Kier alpha value is -2.32. The fourth-order valence-electron chi connectivity index (χ4n) is 2.05. The summed E-state index contributed by atoms with van der Waals surface area (Å²) >= 11 is 1.43. The number of carbonyl (C=O) groups is 1. The average Bonchev–Trinajstić information content (AvgIpc) is 2.74. The monoisotopic (exact) mass is 299 g/mol. The van der Waals surface area contributed by atoms with Crippen molar-refractivity contribution in [1.29, 1.82) is 5.26 Å². The summed E-state index contributed by atoms with van der Waals surface area (Å²) in [5.74, 6) is -0.204. The van der Waals surface area contributed by atoms with Crippen molar-refractivity contribution in [1.82, 2.24) is 0 Å². The van der Waals surface area contributed by atoms with E-state index in [0.717, 1.165) is 22.7 Å². The Kier molecular flexibility index (Phi) is 4.61. The molecule has 0 fully saturated rings. The molecule has 0 unspecified atom stereocenters. The van der Waals surface area contributed by atoms with Crippen molar-refractivity contribution in [3.8, 4) is 6.07 Å². The van der Waals surface area contributed by atoms with Crippen molar-refractivity contribution in [3.05, 3.63) is 45.8 Å². The molecule has 0 bridgehead atoms. The molecule has 0 atom stereocenters. The molecule has 1 aromatic carbocycles. The number of carbonyl (C=O) groups excluding carboxylic acids is 1. The second-order valence-electron chi connectivity index (χ2n) is 4.63. The molecule has 0 saturated carbocycles. The first kappa shape index (κ1) is 15.1. The third kappa shape index (κ3) is 3.06. The van der Waals surface area contributed by atoms with Crippen LogP contribution in [0.25, 0.3) is 0 Å². The van der Waals surface area contributed by atoms with Crippen molar-refractivity contribution in [2.45, 2.75) is 20.8 Å². The Labute approximate surface area is 128 Å². The van der Waals surface area contributed by atoms with Crippen molar-refractivity contribution in [2.75, 3.05) is 17.2 Å². The number of amides is 1. The minimum absolute atomic E-state index is 0.204. The summed E-state index contributed by atoms with van der Waals surface area (Å²) in [4.78, 5) is 13.5. The number of nitriles is 1. The maximum absolute atomic E-state index is 12.4. The number of nitrogens with one attached hydrogen (secondary N) is 2. The number of thiophene rings is 1. The van der Waals surface area contributed by atoms with E-state index in [1.54, 1.807) is 6.07 Å². The van der Waals surface area contributed by atoms with Gasteiger partial charge in [0.15, 0.2) is 0 Å². The SMILES string of the molecule is CCNc1ccccc1C(=O)Nc1sc(C)c(C)c1C#N. The topological polar surface area (TPSA) is 64.9 Å². The molecule has 1 amide bonds. The largest absolute Gasteiger partial charge is 0.385 e. The Balaban J connectivity index is 2.31. The summed E-state index contributed by atoms with van der Waals surface area (Å²) in [6.45, 7) is 6.56. The Morgan fingerprint density at radius 3 is 2.71 bits per heavy atom. The average molecular weight is 299 g/mol. The summed E-state index contributed by atoms with van der Waals surface area (Å²) in [6, 6.07) is 9.51. The van der Waals surface area contributed by atoms with E-state index in [1.807, 2.05) is 39.0 Å². The lowest BCUT2D eigenvalue weighted by atomic mass is 10.1. The van der Waals surface area contributed by atoms with Gasteiger partial charge in [-0.15, -0.1) is 11.3 Å². The van der Waals surface area contributed by atoms with Crippen LogP contribution in [0.5, 0.6) is 0 Å². The molecular formula is C16H17N3OS. The predicted octanol–water partition coefficient (Wildman–Crippen LogP) is 3.92. The molecule has 108 valence electrons. The Bertz CT molecular complexity index is 713. The van der Waals surface area contributed by atoms with Gasteiger partial charge < -0.3 is 10.6 Å². The van der Waals surface area contributed by atoms with Crippen LogP contribution >= 0.6 is 11.3 Å². The molecule has 0 saturated heterocycles. The zero-order valence-corrected chi connectivity index (χ0v) is 13.1. The number of hydrogen-bond acceptors (Lipinski definition) is 4. The summed E-state index contributed by atoms with van der Waals surface area (Å²) < 4.78 is 0. The molecule has 0 aliphatic rings. The summed E-state index contributed by atoms with van der Waals surface area (Å²) in [5, 5.41) is 15.9. The van der Waals surface area contributed by atoms with Crippen LogP contribution in [0.2, 0.25) is 0 Å². The van der Waals surface area contributed by atoms with Gasteiger partial charge in [-0.1, -0.05) is 12.1 Å². The van der Waals surface area contributed by atoms with E-state index in [9.17, 15) is 10.1 Å². The fraction of sp³-hybridized carbons (Fsp3) is 0.250. The first-order valence-electron chi connectivity index (χ1n) is 6.72. The minimum atomic E-state index is -0.204. The number of rotatable bonds is 4. The van der Waals surface area contributed by atoms with Gasteiger partial charge in [-0.3, -0.25) is 4.79 Å².